The molecule has 2 aliphatic rings. The first-order valence-electron chi connectivity index (χ1n) is 8.13. The molecule has 4 heteroatoms. The third-order valence-corrected chi connectivity index (χ3v) is 4.91. The number of hydrogen-bond acceptors (Lipinski definition) is 4. The van der Waals surface area contributed by atoms with Gasteiger partial charge in [0, 0.05) is 17.9 Å². The zero-order valence-corrected chi connectivity index (χ0v) is 13.4. The third kappa shape index (κ3) is 2.13. The summed E-state index contributed by atoms with van der Waals surface area (Å²) in [5.41, 5.74) is 0.849. The second-order valence-corrected chi connectivity index (χ2v) is 6.44. The summed E-state index contributed by atoms with van der Waals surface area (Å²) < 4.78 is 12.0. The van der Waals surface area contributed by atoms with E-state index in [9.17, 15) is 9.59 Å². The summed E-state index contributed by atoms with van der Waals surface area (Å²) in [6.07, 6.45) is 0.0723. The summed E-state index contributed by atoms with van der Waals surface area (Å²) >= 11 is 0. The first-order valence-corrected chi connectivity index (χ1v) is 8.13. The van der Waals surface area contributed by atoms with E-state index in [2.05, 4.69) is 0 Å². The molecule has 1 saturated heterocycles. The number of esters is 1. The fourth-order valence-corrected chi connectivity index (χ4v) is 3.98. The molecule has 0 N–H and O–H groups in total. The Balaban J connectivity index is 1.95. The lowest BCUT2D eigenvalue weighted by molar-refractivity contribution is -0.157. The second kappa shape index (κ2) is 5.48. The summed E-state index contributed by atoms with van der Waals surface area (Å²) in [6.45, 7) is 1.57. The van der Waals surface area contributed by atoms with Crippen LogP contribution in [-0.2, 0) is 19.9 Å². The maximum Gasteiger partial charge on any atom is 0.310 e. The molecule has 0 amide bonds. The van der Waals surface area contributed by atoms with Crippen molar-refractivity contribution in [1.29, 1.82) is 0 Å². The van der Waals surface area contributed by atoms with E-state index in [1.54, 1.807) is 6.92 Å². The van der Waals surface area contributed by atoms with E-state index in [0.717, 1.165) is 16.9 Å². The Kier molecular flexibility index (Phi) is 3.41. The Bertz CT molecular complexity index is 798. The van der Waals surface area contributed by atoms with Crippen molar-refractivity contribution in [3.05, 3.63) is 65.7 Å². The van der Waals surface area contributed by atoms with Gasteiger partial charge >= 0.3 is 5.97 Å². The molecule has 2 aromatic rings. The van der Waals surface area contributed by atoms with Crippen LogP contribution in [0.4, 0.5) is 0 Å². The topological polar surface area (TPSA) is 52.6 Å². The Hall–Kier alpha value is -2.62. The van der Waals surface area contributed by atoms with Gasteiger partial charge in [0.1, 0.15) is 11.5 Å². The zero-order valence-electron chi connectivity index (χ0n) is 13.4. The summed E-state index contributed by atoms with van der Waals surface area (Å²) in [5, 5.41) is 0. The minimum Gasteiger partial charge on any atom is -0.485 e. The molecule has 0 aromatic heterocycles. The van der Waals surface area contributed by atoms with Gasteiger partial charge in [-0.15, -0.1) is 0 Å². The molecule has 3 atom stereocenters. The van der Waals surface area contributed by atoms with Crippen LogP contribution in [0.1, 0.15) is 36.8 Å². The van der Waals surface area contributed by atoms with Crippen molar-refractivity contribution in [2.45, 2.75) is 37.4 Å². The highest BCUT2D eigenvalue weighted by molar-refractivity contribution is 5.79. The molecule has 0 unspecified atom stereocenters. The van der Waals surface area contributed by atoms with Gasteiger partial charge < -0.3 is 14.3 Å². The molecule has 0 saturated carbocycles. The number of para-hydroxylation sites is 1. The highest BCUT2D eigenvalue weighted by Crippen LogP contribution is 2.55. The summed E-state index contributed by atoms with van der Waals surface area (Å²) in [7, 11) is 0. The molecule has 2 aliphatic heterocycles. The van der Waals surface area contributed by atoms with Gasteiger partial charge in [0.05, 0.1) is 6.42 Å². The normalized spacial score (nSPS) is 27.6. The Morgan fingerprint density at radius 3 is 2.58 bits per heavy atom. The molecule has 0 aliphatic carbocycles. The van der Waals surface area contributed by atoms with Gasteiger partial charge in [0.2, 0.25) is 0 Å². The van der Waals surface area contributed by atoms with Gasteiger partial charge in [-0.2, -0.15) is 0 Å². The maximum atomic E-state index is 12.2. The average Bonchev–Trinajstić information content (AvgIpc) is 2.92. The van der Waals surface area contributed by atoms with Crippen LogP contribution in [0.25, 0.3) is 0 Å². The molecule has 4 rings (SSSR count). The van der Waals surface area contributed by atoms with Crippen molar-refractivity contribution in [3.8, 4) is 5.75 Å². The average molecular weight is 322 g/mol. The number of fused-ring (bicyclic) bond motifs is 2. The number of Topliss-reactive ketones (excluding diaryl/α,β-unsaturated/α-hetero) is 1. The van der Waals surface area contributed by atoms with E-state index in [0.29, 0.717) is 6.42 Å². The molecule has 1 fully saturated rings. The minimum atomic E-state index is -0.946. The Labute approximate surface area is 140 Å². The lowest BCUT2D eigenvalue weighted by atomic mass is 9.70. The maximum absolute atomic E-state index is 12.2. The van der Waals surface area contributed by atoms with E-state index in [4.69, 9.17) is 9.47 Å². The minimum absolute atomic E-state index is 0.0636. The van der Waals surface area contributed by atoms with E-state index in [1.807, 2.05) is 54.6 Å². The number of rotatable bonds is 3. The molecular formula is C20H18O4. The van der Waals surface area contributed by atoms with Crippen molar-refractivity contribution in [2.24, 2.45) is 0 Å². The number of carbonyl (C=O) groups excluding carboxylic acids is 2. The van der Waals surface area contributed by atoms with Crippen LogP contribution in [0, 0.1) is 0 Å². The largest absolute Gasteiger partial charge is 0.485 e. The number of carbonyl (C=O) groups is 2. The number of benzene rings is 2. The van der Waals surface area contributed by atoms with E-state index < -0.39 is 11.7 Å². The molecule has 122 valence electrons. The van der Waals surface area contributed by atoms with Crippen molar-refractivity contribution in [1.82, 2.24) is 0 Å². The van der Waals surface area contributed by atoms with Crippen LogP contribution in [0.3, 0.4) is 0 Å². The lowest BCUT2D eigenvalue weighted by Crippen LogP contribution is -2.48. The SMILES string of the molecule is CC(=O)C[C@H]1c2ccccc2O[C@@H]2CC(=O)O[C@@]21c1ccccc1. The lowest BCUT2D eigenvalue weighted by Gasteiger charge is -2.44. The number of ketones is 1. The highest BCUT2D eigenvalue weighted by Gasteiger charge is 2.60. The Morgan fingerprint density at radius 1 is 1.12 bits per heavy atom. The molecule has 4 nitrogen and oxygen atoms in total. The number of hydrogen-bond donors (Lipinski definition) is 0. The van der Waals surface area contributed by atoms with Crippen LogP contribution in [0.15, 0.2) is 54.6 Å². The number of ether oxygens (including phenoxy) is 2. The molecule has 24 heavy (non-hydrogen) atoms. The molecule has 0 spiro atoms. The van der Waals surface area contributed by atoms with Crippen molar-refractivity contribution in [3.63, 3.8) is 0 Å². The highest BCUT2D eigenvalue weighted by atomic mass is 16.6. The standard InChI is InChI=1S/C20H18O4/c1-13(21)11-16-15-9-5-6-10-17(15)23-18-12-19(22)24-20(16,18)14-7-3-2-4-8-14/h2-10,16,18H,11-12H2,1H3/t16-,18+,20+/m0/s1. The molecule has 2 aromatic carbocycles. The first kappa shape index (κ1) is 14.9. The second-order valence-electron chi connectivity index (χ2n) is 6.44. The molecule has 0 radical (unpaired) electrons. The predicted molar refractivity (Wildman–Crippen MR) is 87.7 cm³/mol. The molecular weight excluding hydrogens is 304 g/mol. The van der Waals surface area contributed by atoms with Crippen molar-refractivity contribution >= 4 is 11.8 Å². The van der Waals surface area contributed by atoms with Gasteiger partial charge in [0.25, 0.3) is 0 Å². The van der Waals surface area contributed by atoms with Crippen molar-refractivity contribution in [2.75, 3.05) is 0 Å². The summed E-state index contributed by atoms with van der Waals surface area (Å²) in [4.78, 5) is 24.2. The first-order chi connectivity index (χ1) is 11.6. The quantitative estimate of drug-likeness (QED) is 0.813. The monoisotopic (exact) mass is 322 g/mol. The van der Waals surface area contributed by atoms with E-state index >= 15 is 0 Å². The van der Waals surface area contributed by atoms with Crippen LogP contribution in [0.5, 0.6) is 5.75 Å². The van der Waals surface area contributed by atoms with Gasteiger partial charge in [-0.05, 0) is 18.6 Å². The summed E-state index contributed by atoms with van der Waals surface area (Å²) in [5.74, 6) is 0.260. The molecule has 0 bridgehead atoms. The fourth-order valence-electron chi connectivity index (χ4n) is 3.98. The van der Waals surface area contributed by atoms with E-state index in [1.165, 1.54) is 0 Å². The van der Waals surface area contributed by atoms with Gasteiger partial charge in [-0.1, -0.05) is 48.5 Å². The van der Waals surface area contributed by atoms with Gasteiger partial charge in [-0.25, -0.2) is 0 Å². The fraction of sp³-hybridized carbons (Fsp3) is 0.300. The molecule has 2 heterocycles. The zero-order chi connectivity index (χ0) is 16.7. The van der Waals surface area contributed by atoms with Crippen molar-refractivity contribution < 1.29 is 19.1 Å². The summed E-state index contributed by atoms with van der Waals surface area (Å²) in [6, 6.07) is 17.3. The van der Waals surface area contributed by atoms with Crippen LogP contribution in [0.2, 0.25) is 0 Å². The van der Waals surface area contributed by atoms with Gasteiger partial charge in [0.15, 0.2) is 11.7 Å². The van der Waals surface area contributed by atoms with Gasteiger partial charge in [-0.3, -0.25) is 4.79 Å². The van der Waals surface area contributed by atoms with Crippen LogP contribution in [-0.4, -0.2) is 17.9 Å². The van der Waals surface area contributed by atoms with Crippen LogP contribution < -0.4 is 4.74 Å². The smallest absolute Gasteiger partial charge is 0.310 e. The van der Waals surface area contributed by atoms with Crippen LogP contribution >= 0.6 is 0 Å². The third-order valence-electron chi connectivity index (χ3n) is 4.91. The van der Waals surface area contributed by atoms with E-state index in [-0.39, 0.29) is 24.1 Å². The predicted octanol–water partition coefficient (Wildman–Crippen LogP) is 3.35. The Morgan fingerprint density at radius 2 is 1.83 bits per heavy atom.